The van der Waals surface area contributed by atoms with Crippen LogP contribution in [-0.2, 0) is 16.0 Å². The highest BCUT2D eigenvalue weighted by Gasteiger charge is 2.22. The number of hydrogen-bond donors (Lipinski definition) is 1. The van der Waals surface area contributed by atoms with Gasteiger partial charge in [-0.25, -0.2) is 0 Å². The second kappa shape index (κ2) is 7.97. The first-order valence-electron chi connectivity index (χ1n) is 8.21. The fraction of sp³-hybridized carbons (Fsp3) is 0.556. The van der Waals surface area contributed by atoms with Crippen LogP contribution in [0.5, 0.6) is 0 Å². The molecule has 120 valence electrons. The molecule has 2 amide bonds. The third-order valence-corrected chi connectivity index (χ3v) is 4.40. The van der Waals surface area contributed by atoms with E-state index >= 15 is 0 Å². The molecule has 0 aromatic heterocycles. The number of nitrogens with one attached hydrogen (secondary N) is 1. The third-order valence-electron chi connectivity index (χ3n) is 4.40. The standard InChI is InChI=1S/C18H26N2O2/c1-3-18(22)20-12-10-16(11-13-20)19-17(21)9-8-15-7-5-4-6-14(15)2/h4-7,16H,3,8-13H2,1-2H3,(H,19,21). The van der Waals surface area contributed by atoms with Crippen molar-refractivity contribution in [1.29, 1.82) is 0 Å². The van der Waals surface area contributed by atoms with Crippen molar-refractivity contribution in [2.75, 3.05) is 13.1 Å². The van der Waals surface area contributed by atoms with E-state index in [1.807, 2.05) is 24.0 Å². The zero-order valence-corrected chi connectivity index (χ0v) is 13.6. The van der Waals surface area contributed by atoms with E-state index in [-0.39, 0.29) is 17.9 Å². The Morgan fingerprint density at radius 2 is 1.91 bits per heavy atom. The average molecular weight is 302 g/mol. The minimum Gasteiger partial charge on any atom is -0.353 e. The van der Waals surface area contributed by atoms with Gasteiger partial charge in [-0.05, 0) is 37.3 Å². The molecule has 1 N–H and O–H groups in total. The molecule has 1 aromatic carbocycles. The smallest absolute Gasteiger partial charge is 0.222 e. The maximum Gasteiger partial charge on any atom is 0.222 e. The molecule has 0 bridgehead atoms. The predicted molar refractivity (Wildman–Crippen MR) is 87.5 cm³/mol. The van der Waals surface area contributed by atoms with Crippen molar-refractivity contribution in [3.05, 3.63) is 35.4 Å². The molecule has 4 nitrogen and oxygen atoms in total. The van der Waals surface area contributed by atoms with E-state index in [1.165, 1.54) is 11.1 Å². The van der Waals surface area contributed by atoms with E-state index in [0.717, 1.165) is 32.4 Å². The van der Waals surface area contributed by atoms with Gasteiger partial charge in [-0.1, -0.05) is 31.2 Å². The van der Waals surface area contributed by atoms with Crippen LogP contribution >= 0.6 is 0 Å². The lowest BCUT2D eigenvalue weighted by Crippen LogP contribution is -2.46. The summed E-state index contributed by atoms with van der Waals surface area (Å²) >= 11 is 0. The summed E-state index contributed by atoms with van der Waals surface area (Å²) in [6.45, 7) is 5.49. The van der Waals surface area contributed by atoms with Crippen LogP contribution in [0.25, 0.3) is 0 Å². The highest BCUT2D eigenvalue weighted by Crippen LogP contribution is 2.13. The lowest BCUT2D eigenvalue weighted by Gasteiger charge is -2.32. The van der Waals surface area contributed by atoms with Crippen LogP contribution in [0.3, 0.4) is 0 Å². The Bertz CT molecular complexity index is 520. The van der Waals surface area contributed by atoms with Crippen LogP contribution in [0.15, 0.2) is 24.3 Å². The second-order valence-electron chi connectivity index (χ2n) is 6.00. The quantitative estimate of drug-likeness (QED) is 0.908. The first kappa shape index (κ1) is 16.5. The fourth-order valence-corrected chi connectivity index (χ4v) is 2.94. The Kier molecular flexibility index (Phi) is 5.99. The van der Waals surface area contributed by atoms with Gasteiger partial charge in [-0.2, -0.15) is 0 Å². The number of benzene rings is 1. The monoisotopic (exact) mass is 302 g/mol. The summed E-state index contributed by atoms with van der Waals surface area (Å²) in [6.07, 6.45) is 3.60. The van der Waals surface area contributed by atoms with Crippen LogP contribution in [0.4, 0.5) is 0 Å². The maximum absolute atomic E-state index is 12.1. The van der Waals surface area contributed by atoms with Gasteiger partial charge in [0, 0.05) is 32.0 Å². The van der Waals surface area contributed by atoms with Crippen LogP contribution < -0.4 is 5.32 Å². The summed E-state index contributed by atoms with van der Waals surface area (Å²) in [5.74, 6) is 0.327. The molecule has 1 saturated heterocycles. The minimum atomic E-state index is 0.114. The van der Waals surface area contributed by atoms with Crippen LogP contribution in [-0.4, -0.2) is 35.8 Å². The minimum absolute atomic E-state index is 0.114. The van der Waals surface area contributed by atoms with E-state index in [1.54, 1.807) is 0 Å². The summed E-state index contributed by atoms with van der Waals surface area (Å²) in [6, 6.07) is 8.40. The van der Waals surface area contributed by atoms with Crippen molar-refractivity contribution in [3.8, 4) is 0 Å². The van der Waals surface area contributed by atoms with Crippen molar-refractivity contribution in [2.45, 2.75) is 52.0 Å². The molecule has 1 aromatic rings. The van der Waals surface area contributed by atoms with Gasteiger partial charge < -0.3 is 10.2 Å². The number of nitrogens with zero attached hydrogens (tertiary/aromatic N) is 1. The molecule has 4 heteroatoms. The number of rotatable bonds is 5. The topological polar surface area (TPSA) is 49.4 Å². The molecular formula is C18H26N2O2. The Morgan fingerprint density at radius 1 is 1.23 bits per heavy atom. The predicted octanol–water partition coefficient (Wildman–Crippen LogP) is 2.44. The van der Waals surface area contributed by atoms with E-state index in [0.29, 0.717) is 12.8 Å². The van der Waals surface area contributed by atoms with Gasteiger partial charge in [0.25, 0.3) is 0 Å². The van der Waals surface area contributed by atoms with Crippen molar-refractivity contribution in [1.82, 2.24) is 10.2 Å². The summed E-state index contributed by atoms with van der Waals surface area (Å²) in [4.78, 5) is 25.6. The van der Waals surface area contributed by atoms with Gasteiger partial charge >= 0.3 is 0 Å². The molecule has 0 spiro atoms. The van der Waals surface area contributed by atoms with E-state index in [4.69, 9.17) is 0 Å². The van der Waals surface area contributed by atoms with E-state index in [9.17, 15) is 9.59 Å². The molecule has 1 fully saturated rings. The lowest BCUT2D eigenvalue weighted by molar-refractivity contribution is -0.132. The SMILES string of the molecule is CCC(=O)N1CCC(NC(=O)CCc2ccccc2C)CC1. The number of aryl methyl sites for hydroxylation is 2. The Labute approximate surface area is 132 Å². The number of amides is 2. The summed E-state index contributed by atoms with van der Waals surface area (Å²) in [5.41, 5.74) is 2.47. The number of piperidine rings is 1. The van der Waals surface area contributed by atoms with Crippen molar-refractivity contribution < 1.29 is 9.59 Å². The average Bonchev–Trinajstić information content (AvgIpc) is 2.54. The highest BCUT2D eigenvalue weighted by molar-refractivity contribution is 5.77. The summed E-state index contributed by atoms with van der Waals surface area (Å²) in [5, 5.41) is 3.11. The molecule has 0 radical (unpaired) electrons. The molecule has 22 heavy (non-hydrogen) atoms. The van der Waals surface area contributed by atoms with E-state index < -0.39 is 0 Å². The Morgan fingerprint density at radius 3 is 2.55 bits per heavy atom. The fourth-order valence-electron chi connectivity index (χ4n) is 2.94. The normalized spacial score (nSPS) is 15.6. The van der Waals surface area contributed by atoms with Crippen molar-refractivity contribution >= 4 is 11.8 Å². The number of carbonyl (C=O) groups excluding carboxylic acids is 2. The molecule has 1 heterocycles. The van der Waals surface area contributed by atoms with Crippen LogP contribution in [0, 0.1) is 6.92 Å². The van der Waals surface area contributed by atoms with Crippen LogP contribution in [0.1, 0.15) is 43.7 Å². The molecule has 0 saturated carbocycles. The number of likely N-dealkylation sites (tertiary alicyclic amines) is 1. The molecule has 0 atom stereocenters. The zero-order valence-electron chi connectivity index (χ0n) is 13.6. The van der Waals surface area contributed by atoms with E-state index in [2.05, 4.69) is 24.4 Å². The largest absolute Gasteiger partial charge is 0.353 e. The summed E-state index contributed by atoms with van der Waals surface area (Å²) < 4.78 is 0. The van der Waals surface area contributed by atoms with Gasteiger partial charge in [0.05, 0.1) is 0 Å². The first-order valence-corrected chi connectivity index (χ1v) is 8.21. The first-order chi connectivity index (χ1) is 10.6. The van der Waals surface area contributed by atoms with Gasteiger partial charge in [-0.15, -0.1) is 0 Å². The molecule has 2 rings (SSSR count). The van der Waals surface area contributed by atoms with Gasteiger partial charge in [0.1, 0.15) is 0 Å². The molecule has 0 aliphatic carbocycles. The van der Waals surface area contributed by atoms with Crippen molar-refractivity contribution in [2.24, 2.45) is 0 Å². The highest BCUT2D eigenvalue weighted by atomic mass is 16.2. The van der Waals surface area contributed by atoms with Crippen molar-refractivity contribution in [3.63, 3.8) is 0 Å². The summed E-state index contributed by atoms with van der Waals surface area (Å²) in [7, 11) is 0. The van der Waals surface area contributed by atoms with Gasteiger partial charge in [-0.3, -0.25) is 9.59 Å². The Hall–Kier alpha value is -1.84. The molecule has 1 aliphatic rings. The van der Waals surface area contributed by atoms with Gasteiger partial charge in [0.2, 0.25) is 11.8 Å². The number of hydrogen-bond acceptors (Lipinski definition) is 2. The van der Waals surface area contributed by atoms with Gasteiger partial charge in [0.15, 0.2) is 0 Å². The molecule has 1 aliphatic heterocycles. The third kappa shape index (κ3) is 4.58. The second-order valence-corrected chi connectivity index (χ2v) is 6.00. The molecular weight excluding hydrogens is 276 g/mol. The van der Waals surface area contributed by atoms with Crippen LogP contribution in [0.2, 0.25) is 0 Å². The Balaban J connectivity index is 1.72. The number of carbonyl (C=O) groups is 2. The lowest BCUT2D eigenvalue weighted by atomic mass is 10.0. The maximum atomic E-state index is 12.1. The zero-order chi connectivity index (χ0) is 15.9. The molecule has 0 unspecified atom stereocenters.